The molecule has 1 N–H and O–H groups in total. The Morgan fingerprint density at radius 3 is 2.61 bits per heavy atom. The Kier molecular flexibility index (Phi) is 3.17. The van der Waals surface area contributed by atoms with Crippen LogP contribution >= 0.6 is 0 Å². The zero-order chi connectivity index (χ0) is 16.0. The molecule has 23 heavy (non-hydrogen) atoms. The Labute approximate surface area is 131 Å². The Balaban J connectivity index is 1.42. The second kappa shape index (κ2) is 5.22. The molecule has 0 radical (unpaired) electrons. The smallest absolute Gasteiger partial charge is 0.357 e. The van der Waals surface area contributed by atoms with Crippen molar-refractivity contribution in [2.24, 2.45) is 0 Å². The zero-order valence-corrected chi connectivity index (χ0v) is 12.3. The Bertz CT molecular complexity index is 755. The maximum atomic E-state index is 12.5. The van der Waals surface area contributed by atoms with Gasteiger partial charge in [-0.05, 0) is 12.8 Å². The molecule has 0 unspecified atom stereocenters. The molecule has 3 heterocycles. The van der Waals surface area contributed by atoms with Crippen molar-refractivity contribution in [3.63, 3.8) is 0 Å². The first-order valence-corrected chi connectivity index (χ1v) is 7.55. The largest absolute Gasteiger partial charge is 0.476 e. The molecule has 1 saturated carbocycles. The molecule has 1 aliphatic carbocycles. The van der Waals surface area contributed by atoms with Gasteiger partial charge < -0.3 is 18.8 Å². The number of nitrogens with zero attached hydrogens (tertiary/aromatic N) is 3. The first kappa shape index (κ1) is 14.0. The van der Waals surface area contributed by atoms with E-state index in [1.54, 1.807) is 4.90 Å². The third kappa shape index (κ3) is 2.30. The minimum absolute atomic E-state index is 0.0777. The van der Waals surface area contributed by atoms with E-state index in [1.165, 1.54) is 6.39 Å². The molecule has 2 aromatic rings. The average molecular weight is 317 g/mol. The molecule has 2 fully saturated rings. The second-order valence-electron chi connectivity index (χ2n) is 5.98. The van der Waals surface area contributed by atoms with Crippen molar-refractivity contribution in [1.29, 1.82) is 0 Å². The topological polar surface area (TPSA) is 110 Å². The molecule has 1 amide bonds. The van der Waals surface area contributed by atoms with E-state index < -0.39 is 5.97 Å². The molecule has 8 nitrogen and oxygen atoms in total. The van der Waals surface area contributed by atoms with E-state index in [0.717, 1.165) is 25.5 Å². The molecule has 2 aliphatic rings. The van der Waals surface area contributed by atoms with Crippen LogP contribution in [0.3, 0.4) is 0 Å². The zero-order valence-electron chi connectivity index (χ0n) is 12.3. The molecule has 0 atom stereocenters. The van der Waals surface area contributed by atoms with Gasteiger partial charge in [-0.25, -0.2) is 14.8 Å². The van der Waals surface area contributed by atoms with E-state index in [-0.39, 0.29) is 17.5 Å². The lowest BCUT2D eigenvalue weighted by molar-refractivity contribution is 0.0565. The van der Waals surface area contributed by atoms with Crippen molar-refractivity contribution in [2.75, 3.05) is 13.1 Å². The molecule has 0 bridgehead atoms. The molecule has 2 aromatic heterocycles. The van der Waals surface area contributed by atoms with Crippen LogP contribution in [0.1, 0.15) is 63.7 Å². The lowest BCUT2D eigenvalue weighted by Gasteiger charge is -2.37. The highest BCUT2D eigenvalue weighted by Gasteiger charge is 2.39. The minimum Gasteiger partial charge on any atom is -0.476 e. The molecule has 0 spiro atoms. The van der Waals surface area contributed by atoms with E-state index in [2.05, 4.69) is 9.97 Å². The number of hydrogen-bond acceptors (Lipinski definition) is 6. The fourth-order valence-electron chi connectivity index (χ4n) is 2.90. The van der Waals surface area contributed by atoms with E-state index in [4.69, 9.17) is 13.9 Å². The van der Waals surface area contributed by atoms with Gasteiger partial charge >= 0.3 is 5.97 Å². The van der Waals surface area contributed by atoms with Gasteiger partial charge in [0.1, 0.15) is 12.0 Å². The highest BCUT2D eigenvalue weighted by molar-refractivity contribution is 5.94. The predicted molar refractivity (Wildman–Crippen MR) is 75.2 cm³/mol. The maximum absolute atomic E-state index is 12.5. The lowest BCUT2D eigenvalue weighted by atomic mass is 9.82. The summed E-state index contributed by atoms with van der Waals surface area (Å²) < 4.78 is 10.6. The van der Waals surface area contributed by atoms with E-state index in [9.17, 15) is 9.59 Å². The summed E-state index contributed by atoms with van der Waals surface area (Å²) in [7, 11) is 0. The number of rotatable bonds is 4. The SMILES string of the molecule is O=C(O)c1coc(C2CN(C(=O)c3ncoc3C3CCC3)C2)n1. The van der Waals surface area contributed by atoms with Gasteiger partial charge in [-0.2, -0.15) is 0 Å². The summed E-state index contributed by atoms with van der Waals surface area (Å²) in [4.78, 5) is 32.9. The van der Waals surface area contributed by atoms with Gasteiger partial charge in [0.05, 0.1) is 5.92 Å². The summed E-state index contributed by atoms with van der Waals surface area (Å²) in [5.41, 5.74) is 0.278. The van der Waals surface area contributed by atoms with E-state index in [0.29, 0.717) is 36.4 Å². The van der Waals surface area contributed by atoms with Crippen molar-refractivity contribution in [3.05, 3.63) is 35.7 Å². The van der Waals surface area contributed by atoms with Crippen molar-refractivity contribution >= 4 is 11.9 Å². The van der Waals surface area contributed by atoms with Crippen LogP contribution in [0.15, 0.2) is 21.5 Å². The monoisotopic (exact) mass is 317 g/mol. The summed E-state index contributed by atoms with van der Waals surface area (Å²) in [6, 6.07) is 0. The number of carbonyl (C=O) groups excluding carboxylic acids is 1. The van der Waals surface area contributed by atoms with Crippen molar-refractivity contribution in [1.82, 2.24) is 14.9 Å². The summed E-state index contributed by atoms with van der Waals surface area (Å²) in [5, 5.41) is 8.84. The van der Waals surface area contributed by atoms with Gasteiger partial charge in [-0.15, -0.1) is 0 Å². The van der Waals surface area contributed by atoms with Crippen LogP contribution in [-0.4, -0.2) is 44.9 Å². The lowest BCUT2D eigenvalue weighted by Crippen LogP contribution is -2.49. The summed E-state index contributed by atoms with van der Waals surface area (Å²) in [6.07, 6.45) is 5.67. The number of aromatic carboxylic acids is 1. The van der Waals surface area contributed by atoms with Crippen molar-refractivity contribution in [3.8, 4) is 0 Å². The van der Waals surface area contributed by atoms with Crippen LogP contribution in [0.5, 0.6) is 0 Å². The van der Waals surface area contributed by atoms with E-state index >= 15 is 0 Å². The number of aromatic nitrogens is 2. The second-order valence-corrected chi connectivity index (χ2v) is 5.98. The Morgan fingerprint density at radius 2 is 2.00 bits per heavy atom. The fourth-order valence-corrected chi connectivity index (χ4v) is 2.90. The Morgan fingerprint density at radius 1 is 1.22 bits per heavy atom. The van der Waals surface area contributed by atoms with Gasteiger partial charge in [0.15, 0.2) is 17.8 Å². The van der Waals surface area contributed by atoms with Crippen LogP contribution in [0.4, 0.5) is 0 Å². The van der Waals surface area contributed by atoms with Crippen LogP contribution < -0.4 is 0 Å². The number of amides is 1. The van der Waals surface area contributed by atoms with Crippen molar-refractivity contribution in [2.45, 2.75) is 31.1 Å². The fraction of sp³-hybridized carbons (Fsp3) is 0.467. The van der Waals surface area contributed by atoms with Gasteiger partial charge in [0.25, 0.3) is 5.91 Å². The number of oxazole rings is 2. The standard InChI is InChI=1S/C15H15N3O5/c19-14(11-12(23-7-16-11)8-2-1-3-8)18-4-9(5-18)13-17-10(6-22-13)15(20)21/h6-9H,1-5H2,(H,20,21). The normalized spacial score (nSPS) is 18.5. The third-order valence-electron chi connectivity index (χ3n) is 4.53. The van der Waals surface area contributed by atoms with Crippen LogP contribution in [0.25, 0.3) is 0 Å². The minimum atomic E-state index is -1.13. The third-order valence-corrected chi connectivity index (χ3v) is 4.53. The van der Waals surface area contributed by atoms with Crippen LogP contribution in [0, 0.1) is 0 Å². The van der Waals surface area contributed by atoms with Crippen LogP contribution in [-0.2, 0) is 0 Å². The highest BCUT2D eigenvalue weighted by atomic mass is 16.4. The summed E-state index contributed by atoms with van der Waals surface area (Å²) in [5.74, 6) is -0.00814. The molecule has 4 rings (SSSR count). The van der Waals surface area contributed by atoms with Crippen molar-refractivity contribution < 1.29 is 23.5 Å². The average Bonchev–Trinajstić information content (AvgIpc) is 3.04. The molecule has 1 aliphatic heterocycles. The molecular formula is C15H15N3O5. The number of hydrogen-bond donors (Lipinski definition) is 1. The number of carboxylic acid groups (broad SMARTS) is 1. The van der Waals surface area contributed by atoms with E-state index in [1.807, 2.05) is 0 Å². The van der Waals surface area contributed by atoms with Gasteiger partial charge in [-0.1, -0.05) is 6.42 Å². The van der Waals surface area contributed by atoms with Gasteiger partial charge in [0.2, 0.25) is 5.89 Å². The quantitative estimate of drug-likeness (QED) is 0.916. The number of likely N-dealkylation sites (tertiary alicyclic amines) is 1. The predicted octanol–water partition coefficient (Wildman–Crippen LogP) is 1.87. The summed E-state index contributed by atoms with van der Waals surface area (Å²) in [6.45, 7) is 0.880. The molecular weight excluding hydrogens is 302 g/mol. The highest BCUT2D eigenvalue weighted by Crippen LogP contribution is 2.38. The first-order chi connectivity index (χ1) is 11.1. The molecule has 120 valence electrons. The first-order valence-electron chi connectivity index (χ1n) is 7.55. The van der Waals surface area contributed by atoms with Gasteiger partial charge in [-0.3, -0.25) is 4.79 Å². The Hall–Kier alpha value is -2.64. The molecule has 1 saturated heterocycles. The maximum Gasteiger partial charge on any atom is 0.357 e. The number of carbonyl (C=O) groups is 2. The molecule has 0 aromatic carbocycles. The molecule has 8 heteroatoms. The van der Waals surface area contributed by atoms with Gasteiger partial charge in [0, 0.05) is 19.0 Å². The van der Waals surface area contributed by atoms with Crippen LogP contribution in [0.2, 0.25) is 0 Å². The summed E-state index contributed by atoms with van der Waals surface area (Å²) >= 11 is 0. The number of carboxylic acids is 1.